The van der Waals surface area contributed by atoms with Crippen molar-refractivity contribution in [3.63, 3.8) is 0 Å². The number of carbonyl (C=O) groups is 1. The number of rotatable bonds is 1. The molecule has 0 heterocycles. The molecule has 0 saturated heterocycles. The molecule has 1 unspecified atom stereocenters. The van der Waals surface area contributed by atoms with Gasteiger partial charge in [-0.2, -0.15) is 0 Å². The molecule has 1 aliphatic rings. The third-order valence-corrected chi connectivity index (χ3v) is 2.20. The highest BCUT2D eigenvalue weighted by Crippen LogP contribution is 2.29. The topological polar surface area (TPSA) is 46.5 Å². The second-order valence-corrected chi connectivity index (χ2v) is 3.09. The smallest absolute Gasteiger partial charge is 0.292 e. The van der Waals surface area contributed by atoms with Crippen molar-refractivity contribution in [2.75, 3.05) is 7.11 Å². The molecular formula is C11H14O3. The Labute approximate surface area is 83.3 Å². The van der Waals surface area contributed by atoms with Crippen molar-refractivity contribution in [3.8, 4) is 0 Å². The molecule has 3 heteroatoms. The summed E-state index contributed by atoms with van der Waals surface area (Å²) in [4.78, 5) is 8.95. The quantitative estimate of drug-likeness (QED) is 0.688. The van der Waals surface area contributed by atoms with Crippen LogP contribution in [-0.4, -0.2) is 18.7 Å². The zero-order valence-electron chi connectivity index (χ0n) is 8.14. The Morgan fingerprint density at radius 1 is 1.50 bits per heavy atom. The molecule has 0 fully saturated rings. The molecule has 1 atom stereocenters. The van der Waals surface area contributed by atoms with E-state index >= 15 is 0 Å². The van der Waals surface area contributed by atoms with Gasteiger partial charge in [-0.15, -0.1) is 0 Å². The molecule has 2 rings (SSSR count). The summed E-state index contributed by atoms with van der Waals surface area (Å²) < 4.78 is 3.86. The lowest BCUT2D eigenvalue weighted by Gasteiger charge is -2.00. The lowest BCUT2D eigenvalue weighted by atomic mass is 10.1. The Morgan fingerprint density at radius 2 is 2.14 bits per heavy atom. The first-order valence-corrected chi connectivity index (χ1v) is 4.52. The van der Waals surface area contributed by atoms with Crippen LogP contribution in [-0.2, 0) is 16.0 Å². The number of carbonyl (C=O) groups excluding carboxylic acids is 1. The highest BCUT2D eigenvalue weighted by Gasteiger charge is 2.18. The molecule has 76 valence electrons. The average molecular weight is 194 g/mol. The highest BCUT2D eigenvalue weighted by atomic mass is 16.5. The molecule has 1 N–H and O–H groups in total. The molecule has 0 amide bonds. The molecule has 1 aromatic carbocycles. The van der Waals surface area contributed by atoms with Gasteiger partial charge in [0.05, 0.1) is 13.2 Å². The Balaban J connectivity index is 0.000000213. The number of ether oxygens (including phenoxy) is 1. The van der Waals surface area contributed by atoms with E-state index in [0.29, 0.717) is 6.47 Å². The summed E-state index contributed by atoms with van der Waals surface area (Å²) in [5.41, 5.74) is 2.44. The van der Waals surface area contributed by atoms with Crippen LogP contribution in [0.2, 0.25) is 0 Å². The van der Waals surface area contributed by atoms with Gasteiger partial charge < -0.3 is 9.84 Å². The summed E-state index contributed by atoms with van der Waals surface area (Å²) in [6.45, 7) is 0.375. The summed E-state index contributed by atoms with van der Waals surface area (Å²) in [5, 5.41) is 9.38. The minimum atomic E-state index is -0.198. The van der Waals surface area contributed by atoms with Crippen LogP contribution in [0.3, 0.4) is 0 Å². The van der Waals surface area contributed by atoms with Crippen LogP contribution in [0.1, 0.15) is 23.7 Å². The molecule has 0 saturated carbocycles. The molecule has 3 nitrogen and oxygen atoms in total. The third-order valence-electron chi connectivity index (χ3n) is 2.20. The first-order chi connectivity index (χ1) is 6.79. The van der Waals surface area contributed by atoms with Gasteiger partial charge in [0.25, 0.3) is 6.47 Å². The van der Waals surface area contributed by atoms with Gasteiger partial charge in [-0.3, -0.25) is 4.79 Å². The van der Waals surface area contributed by atoms with Gasteiger partial charge in [0.2, 0.25) is 0 Å². The van der Waals surface area contributed by atoms with Gasteiger partial charge in [-0.1, -0.05) is 24.3 Å². The van der Waals surface area contributed by atoms with Crippen molar-refractivity contribution < 1.29 is 14.6 Å². The summed E-state index contributed by atoms with van der Waals surface area (Å²) in [6.07, 6.45) is 1.74. The maximum absolute atomic E-state index is 9.38. The fourth-order valence-corrected chi connectivity index (χ4v) is 1.53. The summed E-state index contributed by atoms with van der Waals surface area (Å²) in [6, 6.07) is 8.10. The Bertz CT molecular complexity index is 296. The van der Waals surface area contributed by atoms with E-state index < -0.39 is 0 Å². The Kier molecular flexibility index (Phi) is 4.13. The monoisotopic (exact) mass is 194 g/mol. The number of hydrogen-bond acceptors (Lipinski definition) is 3. The van der Waals surface area contributed by atoms with Gasteiger partial charge in [-0.25, -0.2) is 0 Å². The largest absolute Gasteiger partial charge is 0.471 e. The van der Waals surface area contributed by atoms with Crippen LogP contribution < -0.4 is 0 Å². The molecule has 1 aliphatic carbocycles. The maximum atomic E-state index is 9.38. The van der Waals surface area contributed by atoms with Crippen LogP contribution in [0, 0.1) is 0 Å². The van der Waals surface area contributed by atoms with Crippen molar-refractivity contribution in [3.05, 3.63) is 35.4 Å². The number of aliphatic hydroxyl groups excluding tert-OH is 1. The zero-order chi connectivity index (χ0) is 10.4. The van der Waals surface area contributed by atoms with Crippen molar-refractivity contribution in [1.82, 2.24) is 0 Å². The van der Waals surface area contributed by atoms with Gasteiger partial charge in [-0.05, 0) is 24.0 Å². The van der Waals surface area contributed by atoms with Crippen LogP contribution >= 0.6 is 0 Å². The van der Waals surface area contributed by atoms with Crippen molar-refractivity contribution in [2.45, 2.75) is 18.9 Å². The predicted molar refractivity (Wildman–Crippen MR) is 52.8 cm³/mol. The van der Waals surface area contributed by atoms with E-state index in [1.165, 1.54) is 12.7 Å². The second kappa shape index (κ2) is 5.40. The standard InChI is InChI=1S/C9H10O.C2H4O2/c10-9-6-5-7-3-1-2-4-8(7)9;1-4-2-3/h1-4,9-10H,5-6H2;2H,1H3. The average Bonchev–Trinajstić information content (AvgIpc) is 2.62. The minimum Gasteiger partial charge on any atom is -0.471 e. The number of hydrogen-bond donors (Lipinski definition) is 1. The molecule has 1 aromatic rings. The summed E-state index contributed by atoms with van der Waals surface area (Å²) in [7, 11) is 1.31. The van der Waals surface area contributed by atoms with Gasteiger partial charge in [0, 0.05) is 0 Å². The van der Waals surface area contributed by atoms with Crippen LogP contribution in [0.25, 0.3) is 0 Å². The number of benzene rings is 1. The number of methoxy groups -OCH3 is 1. The van der Waals surface area contributed by atoms with E-state index in [4.69, 9.17) is 4.79 Å². The number of fused-ring (bicyclic) bond motifs is 1. The van der Waals surface area contributed by atoms with E-state index in [9.17, 15) is 5.11 Å². The summed E-state index contributed by atoms with van der Waals surface area (Å²) in [5.74, 6) is 0. The van der Waals surface area contributed by atoms with E-state index in [0.717, 1.165) is 18.4 Å². The van der Waals surface area contributed by atoms with Crippen LogP contribution in [0.15, 0.2) is 24.3 Å². The van der Waals surface area contributed by atoms with E-state index in [1.807, 2.05) is 18.2 Å². The Hall–Kier alpha value is -1.35. The fourth-order valence-electron chi connectivity index (χ4n) is 1.53. The summed E-state index contributed by atoms with van der Waals surface area (Å²) >= 11 is 0. The third kappa shape index (κ3) is 2.57. The molecule has 0 spiro atoms. The highest BCUT2D eigenvalue weighted by molar-refractivity contribution is 5.36. The second-order valence-electron chi connectivity index (χ2n) is 3.09. The van der Waals surface area contributed by atoms with Crippen LogP contribution in [0.4, 0.5) is 0 Å². The van der Waals surface area contributed by atoms with E-state index in [2.05, 4.69) is 10.8 Å². The molecule has 14 heavy (non-hydrogen) atoms. The van der Waals surface area contributed by atoms with Crippen LogP contribution in [0.5, 0.6) is 0 Å². The van der Waals surface area contributed by atoms with Crippen molar-refractivity contribution in [2.24, 2.45) is 0 Å². The van der Waals surface area contributed by atoms with Crippen molar-refractivity contribution >= 4 is 6.47 Å². The van der Waals surface area contributed by atoms with Gasteiger partial charge >= 0.3 is 0 Å². The predicted octanol–water partition coefficient (Wildman–Crippen LogP) is 1.46. The first kappa shape index (κ1) is 10.7. The lowest BCUT2D eigenvalue weighted by Crippen LogP contribution is -1.88. The lowest BCUT2D eigenvalue weighted by molar-refractivity contribution is -0.126. The molecule has 0 aliphatic heterocycles. The number of aryl methyl sites for hydroxylation is 1. The maximum Gasteiger partial charge on any atom is 0.292 e. The van der Waals surface area contributed by atoms with E-state index in [1.54, 1.807) is 0 Å². The number of aliphatic hydroxyl groups is 1. The molecule has 0 bridgehead atoms. The Morgan fingerprint density at radius 3 is 2.71 bits per heavy atom. The fraction of sp³-hybridized carbons (Fsp3) is 0.364. The molecular weight excluding hydrogens is 180 g/mol. The van der Waals surface area contributed by atoms with Gasteiger partial charge in [0.1, 0.15) is 0 Å². The SMILES string of the molecule is COC=O.OC1CCc2ccccc21. The molecule has 0 radical (unpaired) electrons. The minimum absolute atomic E-state index is 0.198. The zero-order valence-corrected chi connectivity index (χ0v) is 8.14. The van der Waals surface area contributed by atoms with Crippen molar-refractivity contribution in [1.29, 1.82) is 0 Å². The molecule has 0 aromatic heterocycles. The van der Waals surface area contributed by atoms with Gasteiger partial charge in [0.15, 0.2) is 0 Å². The first-order valence-electron chi connectivity index (χ1n) is 4.52. The normalized spacial score (nSPS) is 17.7. The van der Waals surface area contributed by atoms with E-state index in [-0.39, 0.29) is 6.10 Å².